The van der Waals surface area contributed by atoms with Crippen LogP contribution in [0.25, 0.3) is 10.2 Å². The fourth-order valence-corrected chi connectivity index (χ4v) is 4.88. The molecule has 2 aromatic heterocycles. The Morgan fingerprint density at radius 1 is 1.00 bits per heavy atom. The first-order valence-electron chi connectivity index (χ1n) is 9.34. The van der Waals surface area contributed by atoms with E-state index in [2.05, 4.69) is 18.0 Å². The van der Waals surface area contributed by atoms with Crippen LogP contribution in [-0.4, -0.2) is 77.4 Å². The summed E-state index contributed by atoms with van der Waals surface area (Å²) in [6.07, 6.45) is 1.55. The first-order valence-corrected chi connectivity index (χ1v) is 10.2. The maximum absolute atomic E-state index is 12.9. The van der Waals surface area contributed by atoms with Gasteiger partial charge in [-0.15, -0.1) is 11.3 Å². The van der Waals surface area contributed by atoms with E-state index < -0.39 is 0 Å². The number of carbonyl (C=O) groups excluding carboxylic acids is 2. The molecule has 7 heteroatoms. The van der Waals surface area contributed by atoms with Gasteiger partial charge in [0.25, 0.3) is 5.91 Å². The molecule has 2 aliphatic heterocycles. The molecule has 2 fully saturated rings. The number of piperidine rings is 1. The Bertz CT molecular complexity index is 811. The minimum absolute atomic E-state index is 0.0689. The Morgan fingerprint density at radius 2 is 1.69 bits per heavy atom. The molecule has 0 spiro atoms. The number of likely N-dealkylation sites (N-methyl/N-ethyl adjacent to an activating group) is 1. The lowest BCUT2D eigenvalue weighted by Gasteiger charge is -2.37. The van der Waals surface area contributed by atoms with Gasteiger partial charge < -0.3 is 19.3 Å². The van der Waals surface area contributed by atoms with Gasteiger partial charge in [0.15, 0.2) is 0 Å². The number of aryl methyl sites for hydroxylation is 1. The van der Waals surface area contributed by atoms with E-state index in [9.17, 15) is 9.59 Å². The third-order valence-corrected chi connectivity index (χ3v) is 6.68. The lowest BCUT2D eigenvalue weighted by Crippen LogP contribution is -2.51. The second-order valence-corrected chi connectivity index (χ2v) is 8.40. The largest absolute Gasteiger partial charge is 0.340 e. The van der Waals surface area contributed by atoms with Gasteiger partial charge in [0.05, 0.1) is 10.2 Å². The molecule has 4 heterocycles. The fourth-order valence-electron chi connectivity index (χ4n) is 4.03. The molecule has 0 aliphatic carbocycles. The normalized spacial score (nSPS) is 20.1. The highest BCUT2D eigenvalue weighted by atomic mass is 32.1. The van der Waals surface area contributed by atoms with Gasteiger partial charge in [0.2, 0.25) is 5.91 Å². The summed E-state index contributed by atoms with van der Waals surface area (Å²) in [6.45, 7) is 4.90. The second-order valence-electron chi connectivity index (χ2n) is 7.45. The van der Waals surface area contributed by atoms with Crippen molar-refractivity contribution in [2.75, 3.05) is 46.3 Å². The maximum Gasteiger partial charge on any atom is 0.270 e. The minimum Gasteiger partial charge on any atom is -0.340 e. The molecule has 0 saturated carbocycles. The van der Waals surface area contributed by atoms with E-state index in [4.69, 9.17) is 0 Å². The standard InChI is InChI=1S/C19H26N4O2S/c1-20-8-10-23(11-9-20)18(24)14-3-6-22(7-4-14)19(25)16-13-17-15(21(16)2)5-12-26-17/h5,12-14H,3-4,6-11H2,1-2H3. The zero-order valence-corrected chi connectivity index (χ0v) is 16.3. The molecule has 0 atom stereocenters. The molecule has 2 amide bonds. The molecular weight excluding hydrogens is 348 g/mol. The number of nitrogens with zero attached hydrogens (tertiary/aromatic N) is 4. The van der Waals surface area contributed by atoms with Crippen molar-refractivity contribution in [3.63, 3.8) is 0 Å². The molecule has 26 heavy (non-hydrogen) atoms. The average molecular weight is 375 g/mol. The summed E-state index contributed by atoms with van der Waals surface area (Å²) in [5, 5.41) is 2.05. The Labute approximate surface area is 158 Å². The van der Waals surface area contributed by atoms with Crippen molar-refractivity contribution in [2.45, 2.75) is 12.8 Å². The Hall–Kier alpha value is -1.86. The van der Waals surface area contributed by atoms with Gasteiger partial charge >= 0.3 is 0 Å². The number of likely N-dealkylation sites (tertiary alicyclic amines) is 1. The summed E-state index contributed by atoms with van der Waals surface area (Å²) in [5.74, 6) is 0.435. The molecule has 6 nitrogen and oxygen atoms in total. The third-order valence-electron chi connectivity index (χ3n) is 5.83. The highest BCUT2D eigenvalue weighted by Crippen LogP contribution is 2.27. The van der Waals surface area contributed by atoms with Crippen LogP contribution >= 0.6 is 11.3 Å². The van der Waals surface area contributed by atoms with E-state index in [0.29, 0.717) is 13.1 Å². The van der Waals surface area contributed by atoms with Crippen molar-refractivity contribution in [1.82, 2.24) is 19.3 Å². The van der Waals surface area contributed by atoms with E-state index in [1.165, 1.54) is 0 Å². The molecule has 140 valence electrons. The number of thiophene rings is 1. The van der Waals surface area contributed by atoms with Crippen molar-refractivity contribution in [1.29, 1.82) is 0 Å². The predicted molar refractivity (Wildman–Crippen MR) is 104 cm³/mol. The van der Waals surface area contributed by atoms with E-state index in [1.807, 2.05) is 32.9 Å². The number of hydrogen-bond donors (Lipinski definition) is 0. The zero-order valence-electron chi connectivity index (χ0n) is 15.5. The van der Waals surface area contributed by atoms with Gasteiger partial charge in [0.1, 0.15) is 5.69 Å². The number of amides is 2. The van der Waals surface area contributed by atoms with E-state index >= 15 is 0 Å². The molecule has 0 bridgehead atoms. The summed E-state index contributed by atoms with van der Waals surface area (Å²) < 4.78 is 3.13. The molecule has 2 aromatic rings. The first-order chi connectivity index (χ1) is 12.5. The second kappa shape index (κ2) is 7.04. The first kappa shape index (κ1) is 17.5. The number of hydrogen-bond acceptors (Lipinski definition) is 4. The van der Waals surface area contributed by atoms with Crippen LogP contribution in [0.3, 0.4) is 0 Å². The van der Waals surface area contributed by atoms with Gasteiger partial charge in [0, 0.05) is 52.2 Å². The fraction of sp³-hybridized carbons (Fsp3) is 0.579. The molecule has 0 unspecified atom stereocenters. The van der Waals surface area contributed by atoms with Crippen molar-refractivity contribution in [2.24, 2.45) is 13.0 Å². The molecule has 0 aromatic carbocycles. The van der Waals surface area contributed by atoms with Gasteiger partial charge in [-0.2, -0.15) is 0 Å². The van der Waals surface area contributed by atoms with E-state index in [1.54, 1.807) is 11.3 Å². The summed E-state index contributed by atoms with van der Waals surface area (Å²) in [7, 11) is 4.05. The maximum atomic E-state index is 12.9. The third kappa shape index (κ3) is 3.14. The van der Waals surface area contributed by atoms with Crippen molar-refractivity contribution < 1.29 is 9.59 Å². The number of aromatic nitrogens is 1. The van der Waals surface area contributed by atoms with Crippen LogP contribution in [0.1, 0.15) is 23.3 Å². The SMILES string of the molecule is CN1CCN(C(=O)C2CCN(C(=O)c3cc4sccc4n3C)CC2)CC1. The van der Waals surface area contributed by atoms with Gasteiger partial charge in [-0.1, -0.05) is 0 Å². The van der Waals surface area contributed by atoms with Crippen LogP contribution in [0, 0.1) is 5.92 Å². The lowest BCUT2D eigenvalue weighted by molar-refractivity contribution is -0.138. The molecule has 2 saturated heterocycles. The predicted octanol–water partition coefficient (Wildman–Crippen LogP) is 1.87. The molecular formula is C19H26N4O2S. The van der Waals surface area contributed by atoms with Crippen LogP contribution in [-0.2, 0) is 11.8 Å². The zero-order chi connectivity index (χ0) is 18.3. The Kier molecular flexibility index (Phi) is 4.75. The summed E-state index contributed by atoms with van der Waals surface area (Å²) >= 11 is 1.66. The number of rotatable bonds is 2. The van der Waals surface area contributed by atoms with E-state index in [0.717, 1.165) is 54.9 Å². The molecule has 0 N–H and O–H groups in total. The van der Waals surface area contributed by atoms with Crippen LogP contribution in [0.15, 0.2) is 17.5 Å². The Morgan fingerprint density at radius 3 is 2.35 bits per heavy atom. The molecule has 4 rings (SSSR count). The van der Waals surface area contributed by atoms with Crippen LogP contribution < -0.4 is 0 Å². The summed E-state index contributed by atoms with van der Waals surface area (Å²) in [5.41, 5.74) is 1.86. The highest BCUT2D eigenvalue weighted by Gasteiger charge is 2.32. The van der Waals surface area contributed by atoms with E-state index in [-0.39, 0.29) is 17.7 Å². The average Bonchev–Trinajstić information content (AvgIpc) is 3.24. The monoisotopic (exact) mass is 374 g/mol. The van der Waals surface area contributed by atoms with Crippen molar-refractivity contribution in [3.05, 3.63) is 23.2 Å². The molecule has 0 radical (unpaired) electrons. The van der Waals surface area contributed by atoms with Crippen LogP contribution in [0.5, 0.6) is 0 Å². The van der Waals surface area contributed by atoms with Crippen LogP contribution in [0.4, 0.5) is 0 Å². The Balaban J connectivity index is 1.37. The number of carbonyl (C=O) groups is 2. The van der Waals surface area contributed by atoms with Gasteiger partial charge in [-0.3, -0.25) is 9.59 Å². The summed E-state index contributed by atoms with van der Waals surface area (Å²) in [4.78, 5) is 31.8. The molecule has 2 aliphatic rings. The van der Waals surface area contributed by atoms with Crippen molar-refractivity contribution in [3.8, 4) is 0 Å². The number of piperazine rings is 1. The van der Waals surface area contributed by atoms with Gasteiger partial charge in [-0.25, -0.2) is 0 Å². The van der Waals surface area contributed by atoms with Crippen molar-refractivity contribution >= 4 is 33.4 Å². The van der Waals surface area contributed by atoms with Gasteiger partial charge in [-0.05, 0) is 37.4 Å². The topological polar surface area (TPSA) is 48.8 Å². The number of fused-ring (bicyclic) bond motifs is 1. The smallest absolute Gasteiger partial charge is 0.270 e. The summed E-state index contributed by atoms with van der Waals surface area (Å²) in [6, 6.07) is 4.04. The lowest BCUT2D eigenvalue weighted by atomic mass is 9.94. The minimum atomic E-state index is 0.0689. The van der Waals surface area contributed by atoms with Crippen LogP contribution in [0.2, 0.25) is 0 Å². The quantitative estimate of drug-likeness (QED) is 0.806. The highest BCUT2D eigenvalue weighted by molar-refractivity contribution is 7.17.